The maximum atomic E-state index is 13.3. The number of nitrogens with one attached hydrogen (secondary N) is 1. The molecule has 2 saturated heterocycles. The molecule has 16 nitrogen and oxygen atoms in total. The van der Waals surface area contributed by atoms with Gasteiger partial charge in [0, 0.05) is 11.8 Å². The second-order valence-corrected chi connectivity index (χ2v) is 7.65. The predicted molar refractivity (Wildman–Crippen MR) is 102 cm³/mol. The van der Waals surface area contributed by atoms with Crippen LogP contribution in [-0.4, -0.2) is 77.2 Å². The van der Waals surface area contributed by atoms with E-state index in [4.69, 9.17) is 25.8 Å². The summed E-state index contributed by atoms with van der Waals surface area (Å²) < 4.78 is 9.51. The fraction of sp³-hybridized carbons (Fsp3) is 0.438. The van der Waals surface area contributed by atoms with Crippen LogP contribution in [0, 0.1) is 0 Å². The van der Waals surface area contributed by atoms with Crippen molar-refractivity contribution >= 4 is 52.0 Å². The molecule has 2 aliphatic heterocycles. The SMILES string of the molecule is CON=C(C(=O)NC1(COC(N)=O)CON(C2(C(=O)[O-])CCC(=O)O2)C1=O)c1csc(N)n1.[Na+]. The normalized spacial score (nSPS) is 24.3. The molecule has 2 unspecified atom stereocenters. The fourth-order valence-electron chi connectivity index (χ4n) is 3.08. The standard InChI is InChI=1S/C16H18N6O10S.Na/c1-29-21-9(7-4-33-13(17)19-7)10(24)20-15(5-30-14(18)28)6-31-22(11(15)25)16(12(26)27)3-2-8(23)32-16;/h4H,2-3,5-6H2,1H3,(H2,17,19)(H2,18,28)(H,20,24)(H,26,27);/q;+1/p-1. The number of nitrogen functional groups attached to an aromatic ring is 1. The second-order valence-electron chi connectivity index (χ2n) is 6.76. The van der Waals surface area contributed by atoms with Crippen LogP contribution < -0.4 is 51.4 Å². The molecule has 178 valence electrons. The smallest absolute Gasteiger partial charge is 0.544 e. The van der Waals surface area contributed by atoms with Crippen LogP contribution in [0.1, 0.15) is 18.5 Å². The topological polar surface area (TPSA) is 238 Å². The minimum Gasteiger partial charge on any atom is -0.544 e. The maximum Gasteiger partial charge on any atom is 1.00 e. The van der Waals surface area contributed by atoms with Gasteiger partial charge in [0.1, 0.15) is 32.0 Å². The number of primary amides is 1. The van der Waals surface area contributed by atoms with E-state index in [1.165, 1.54) is 5.38 Å². The Labute approximate surface area is 216 Å². The number of carbonyl (C=O) groups is 5. The number of carbonyl (C=O) groups excluding carboxylic acids is 5. The molecular formula is C16H17N6NaO10S. The van der Waals surface area contributed by atoms with E-state index in [1.54, 1.807) is 0 Å². The maximum absolute atomic E-state index is 13.3. The number of hydrogen-bond donors (Lipinski definition) is 3. The van der Waals surface area contributed by atoms with Gasteiger partial charge in [-0.2, -0.15) is 5.06 Å². The minimum absolute atomic E-state index is 0. The number of anilines is 1. The van der Waals surface area contributed by atoms with Gasteiger partial charge < -0.3 is 41.0 Å². The number of amides is 3. The van der Waals surface area contributed by atoms with Crippen LogP contribution in [0.5, 0.6) is 0 Å². The van der Waals surface area contributed by atoms with Gasteiger partial charge in [-0.25, -0.2) is 9.78 Å². The number of ether oxygens (including phenoxy) is 2. The van der Waals surface area contributed by atoms with Crippen LogP contribution >= 0.6 is 11.3 Å². The average molecular weight is 508 g/mol. The number of thiazole rings is 1. The number of rotatable bonds is 8. The van der Waals surface area contributed by atoms with Crippen molar-refractivity contribution < 1.29 is 77.8 Å². The summed E-state index contributed by atoms with van der Waals surface area (Å²) in [6, 6.07) is 0. The number of nitrogens with zero attached hydrogens (tertiary/aromatic N) is 3. The van der Waals surface area contributed by atoms with Crippen molar-refractivity contribution in [2.75, 3.05) is 26.1 Å². The summed E-state index contributed by atoms with van der Waals surface area (Å²) in [6.45, 7) is -1.59. The third kappa shape index (κ3) is 5.07. The quantitative estimate of drug-likeness (QED) is 0.129. The molecule has 0 saturated carbocycles. The first-order valence-electron chi connectivity index (χ1n) is 9.03. The summed E-state index contributed by atoms with van der Waals surface area (Å²) in [5.74, 6) is -5.11. The average Bonchev–Trinajstić information content (AvgIpc) is 3.43. The van der Waals surface area contributed by atoms with Crippen LogP contribution in [0.15, 0.2) is 10.5 Å². The van der Waals surface area contributed by atoms with E-state index in [9.17, 15) is 29.1 Å². The first-order chi connectivity index (χ1) is 15.5. The van der Waals surface area contributed by atoms with Crippen molar-refractivity contribution in [1.82, 2.24) is 15.4 Å². The molecule has 2 fully saturated rings. The summed E-state index contributed by atoms with van der Waals surface area (Å²) >= 11 is 0.996. The molecule has 1 aromatic heterocycles. The number of hydroxylamine groups is 2. The summed E-state index contributed by atoms with van der Waals surface area (Å²) in [5, 5.41) is 19.4. The Morgan fingerprint density at radius 3 is 2.62 bits per heavy atom. The molecular weight excluding hydrogens is 491 g/mol. The number of aliphatic carboxylic acids is 1. The molecule has 3 amide bonds. The number of cyclic esters (lactones) is 1. The number of oxime groups is 1. The molecule has 0 spiro atoms. The van der Waals surface area contributed by atoms with Gasteiger partial charge in [-0.1, -0.05) is 5.16 Å². The number of hydrogen-bond acceptors (Lipinski definition) is 14. The van der Waals surface area contributed by atoms with Crippen LogP contribution in [0.2, 0.25) is 0 Å². The van der Waals surface area contributed by atoms with Crippen molar-refractivity contribution in [3.63, 3.8) is 0 Å². The molecule has 0 bridgehead atoms. The Bertz CT molecular complexity index is 1050. The molecule has 34 heavy (non-hydrogen) atoms. The Morgan fingerprint density at radius 1 is 1.41 bits per heavy atom. The van der Waals surface area contributed by atoms with Gasteiger partial charge in [0.05, 0.1) is 6.42 Å². The van der Waals surface area contributed by atoms with E-state index in [0.29, 0.717) is 0 Å². The van der Waals surface area contributed by atoms with Crippen molar-refractivity contribution in [3.05, 3.63) is 11.1 Å². The molecule has 1 aromatic rings. The molecule has 0 aliphatic carbocycles. The summed E-state index contributed by atoms with van der Waals surface area (Å²) in [5.41, 5.74) is 5.38. The number of esters is 1. The van der Waals surface area contributed by atoms with Crippen molar-refractivity contribution in [3.8, 4) is 0 Å². The number of carboxylic acids is 1. The van der Waals surface area contributed by atoms with E-state index >= 15 is 0 Å². The van der Waals surface area contributed by atoms with Crippen LogP contribution in [0.25, 0.3) is 0 Å². The Morgan fingerprint density at radius 2 is 2.12 bits per heavy atom. The summed E-state index contributed by atoms with van der Waals surface area (Å²) in [7, 11) is 1.15. The minimum atomic E-state index is -2.58. The largest absolute Gasteiger partial charge is 1.00 e. The fourth-order valence-corrected chi connectivity index (χ4v) is 3.63. The van der Waals surface area contributed by atoms with Crippen LogP contribution in [-0.2, 0) is 38.3 Å². The molecule has 0 aromatic carbocycles. The molecule has 2 aliphatic rings. The second kappa shape index (κ2) is 10.5. The van der Waals surface area contributed by atoms with E-state index in [1.807, 2.05) is 0 Å². The number of nitrogens with two attached hydrogens (primary N) is 2. The predicted octanol–water partition coefficient (Wildman–Crippen LogP) is -6.41. The zero-order valence-electron chi connectivity index (χ0n) is 17.9. The monoisotopic (exact) mass is 508 g/mol. The zero-order chi connectivity index (χ0) is 24.4. The Hall–Kier alpha value is -2.99. The van der Waals surface area contributed by atoms with Gasteiger partial charge in [0.15, 0.2) is 16.4 Å². The van der Waals surface area contributed by atoms with Crippen molar-refractivity contribution in [2.24, 2.45) is 10.9 Å². The molecule has 2 atom stereocenters. The molecule has 5 N–H and O–H groups in total. The Kier molecular flexibility index (Phi) is 8.43. The van der Waals surface area contributed by atoms with Gasteiger partial charge in [-0.3, -0.25) is 19.2 Å². The summed E-state index contributed by atoms with van der Waals surface area (Å²) in [6.07, 6.45) is -2.11. The summed E-state index contributed by atoms with van der Waals surface area (Å²) in [4.78, 5) is 74.5. The third-order valence-corrected chi connectivity index (χ3v) is 5.28. The molecule has 3 heterocycles. The zero-order valence-corrected chi connectivity index (χ0v) is 20.7. The number of carboxylic acid groups (broad SMARTS) is 1. The first kappa shape index (κ1) is 27.3. The third-order valence-electron chi connectivity index (χ3n) is 4.61. The van der Waals surface area contributed by atoms with Gasteiger partial charge >= 0.3 is 41.6 Å². The van der Waals surface area contributed by atoms with E-state index in [-0.39, 0.29) is 51.9 Å². The van der Waals surface area contributed by atoms with E-state index < -0.39 is 66.5 Å². The van der Waals surface area contributed by atoms with Crippen molar-refractivity contribution in [1.29, 1.82) is 0 Å². The van der Waals surface area contributed by atoms with Crippen LogP contribution in [0.4, 0.5) is 9.93 Å². The molecule has 18 heteroatoms. The van der Waals surface area contributed by atoms with E-state index in [0.717, 1.165) is 18.4 Å². The van der Waals surface area contributed by atoms with Crippen LogP contribution in [0.3, 0.4) is 0 Å². The number of aromatic nitrogens is 1. The van der Waals surface area contributed by atoms with Gasteiger partial charge in [-0.15, -0.1) is 11.3 Å². The van der Waals surface area contributed by atoms with E-state index in [2.05, 4.69) is 20.3 Å². The molecule has 3 rings (SSSR count). The molecule has 0 radical (unpaired) electrons. The van der Waals surface area contributed by atoms with Crippen molar-refractivity contribution in [2.45, 2.75) is 24.1 Å². The van der Waals surface area contributed by atoms with Gasteiger partial charge in [0.2, 0.25) is 0 Å². The van der Waals surface area contributed by atoms with Gasteiger partial charge in [0.25, 0.3) is 17.5 Å². The van der Waals surface area contributed by atoms with Gasteiger partial charge in [-0.05, 0) is 0 Å². The first-order valence-corrected chi connectivity index (χ1v) is 9.91. The Balaban J connectivity index is 0.00000408.